The molecular weight excluding hydrogens is 564 g/mol. The van der Waals surface area contributed by atoms with Gasteiger partial charge in [0.2, 0.25) is 11.8 Å². The maximum absolute atomic E-state index is 13.8. The van der Waals surface area contributed by atoms with Gasteiger partial charge in [0.25, 0.3) is 10.0 Å². The van der Waals surface area contributed by atoms with Gasteiger partial charge in [-0.3, -0.25) is 13.9 Å². The minimum absolute atomic E-state index is 0.0326. The third-order valence-electron chi connectivity index (χ3n) is 6.05. The van der Waals surface area contributed by atoms with E-state index < -0.39 is 34.3 Å². The number of sulfonamides is 1. The van der Waals surface area contributed by atoms with Crippen LogP contribution in [0.15, 0.2) is 77.7 Å². The van der Waals surface area contributed by atoms with Crippen LogP contribution >= 0.6 is 23.2 Å². The van der Waals surface area contributed by atoms with Crippen molar-refractivity contribution in [2.45, 2.75) is 44.2 Å². The number of unbranched alkanes of at least 4 members (excludes halogenated alkanes) is 1. The third-order valence-corrected chi connectivity index (χ3v) is 8.36. The summed E-state index contributed by atoms with van der Waals surface area (Å²) >= 11 is 12.4. The number of amides is 2. The Balaban J connectivity index is 2.01. The highest BCUT2D eigenvalue weighted by Crippen LogP contribution is 2.33. The lowest BCUT2D eigenvalue weighted by molar-refractivity contribution is -0.139. The molecule has 0 spiro atoms. The van der Waals surface area contributed by atoms with Crippen LogP contribution in [0.3, 0.4) is 0 Å². The van der Waals surface area contributed by atoms with Crippen molar-refractivity contribution in [2.75, 3.05) is 17.4 Å². The molecule has 0 saturated heterocycles. The van der Waals surface area contributed by atoms with E-state index in [1.54, 1.807) is 25.1 Å². The predicted octanol–water partition coefficient (Wildman–Crippen LogP) is 5.66. The number of anilines is 1. The van der Waals surface area contributed by atoms with Gasteiger partial charge in [-0.05, 0) is 61.4 Å². The van der Waals surface area contributed by atoms with Crippen molar-refractivity contribution in [1.82, 2.24) is 10.2 Å². The van der Waals surface area contributed by atoms with Gasteiger partial charge < -0.3 is 10.2 Å². The Morgan fingerprint density at radius 3 is 2.28 bits per heavy atom. The summed E-state index contributed by atoms with van der Waals surface area (Å²) in [5.74, 6) is -1.48. The number of hydrogen-bond acceptors (Lipinski definition) is 4. The monoisotopic (exact) mass is 593 g/mol. The van der Waals surface area contributed by atoms with E-state index >= 15 is 0 Å². The molecule has 208 valence electrons. The molecule has 0 bridgehead atoms. The number of nitrogens with zero attached hydrogens (tertiary/aromatic N) is 2. The van der Waals surface area contributed by atoms with Gasteiger partial charge in [0.15, 0.2) is 0 Å². The summed E-state index contributed by atoms with van der Waals surface area (Å²) in [6.07, 6.45) is 1.64. The fourth-order valence-corrected chi connectivity index (χ4v) is 5.84. The van der Waals surface area contributed by atoms with Crippen molar-refractivity contribution in [3.05, 3.63) is 94.2 Å². The predicted molar refractivity (Wildman–Crippen MR) is 152 cm³/mol. The highest BCUT2D eigenvalue weighted by Gasteiger charge is 2.33. The Morgan fingerprint density at radius 1 is 1.00 bits per heavy atom. The quantitative estimate of drug-likeness (QED) is 0.274. The van der Waals surface area contributed by atoms with Gasteiger partial charge >= 0.3 is 0 Å². The maximum atomic E-state index is 13.8. The minimum atomic E-state index is -4.25. The van der Waals surface area contributed by atoms with Crippen LogP contribution in [-0.4, -0.2) is 44.3 Å². The Bertz CT molecular complexity index is 1390. The van der Waals surface area contributed by atoms with Crippen molar-refractivity contribution < 1.29 is 22.4 Å². The molecule has 0 saturated carbocycles. The average Bonchev–Trinajstić information content (AvgIpc) is 2.91. The molecule has 3 aromatic rings. The zero-order chi connectivity index (χ0) is 28.6. The first kappa shape index (κ1) is 30.4. The van der Waals surface area contributed by atoms with E-state index in [0.717, 1.165) is 17.1 Å². The SMILES string of the molecule is CCCCNC(=O)[C@H](C)N(Cc1ccc(F)cc1)C(=O)CN(c1ccc(Cl)cc1Cl)S(=O)(=O)c1ccccc1. The topological polar surface area (TPSA) is 86.8 Å². The van der Waals surface area contributed by atoms with E-state index in [1.807, 2.05) is 6.92 Å². The van der Waals surface area contributed by atoms with Crippen LogP contribution < -0.4 is 9.62 Å². The van der Waals surface area contributed by atoms with Crippen LogP contribution in [0, 0.1) is 5.82 Å². The molecule has 0 aliphatic heterocycles. The lowest BCUT2D eigenvalue weighted by Crippen LogP contribution is -2.51. The van der Waals surface area contributed by atoms with Crippen molar-refractivity contribution >= 4 is 50.7 Å². The van der Waals surface area contributed by atoms with Crippen LogP contribution in [0.1, 0.15) is 32.3 Å². The second kappa shape index (κ2) is 13.8. The summed E-state index contributed by atoms with van der Waals surface area (Å²) in [6, 6.07) is 16.5. The molecule has 2 amide bonds. The number of benzene rings is 3. The normalized spacial score (nSPS) is 12.0. The summed E-state index contributed by atoms with van der Waals surface area (Å²) in [6.45, 7) is 3.30. The van der Waals surface area contributed by atoms with Gasteiger partial charge in [-0.2, -0.15) is 0 Å². The van der Waals surface area contributed by atoms with E-state index in [0.29, 0.717) is 17.1 Å². The molecule has 1 N–H and O–H groups in total. The molecule has 0 radical (unpaired) electrons. The average molecular weight is 595 g/mol. The second-order valence-corrected chi connectivity index (χ2v) is 11.6. The van der Waals surface area contributed by atoms with Crippen LogP contribution in [0.4, 0.5) is 10.1 Å². The Hall–Kier alpha value is -3.14. The first-order valence-electron chi connectivity index (χ1n) is 12.4. The Labute approximate surface area is 238 Å². The largest absolute Gasteiger partial charge is 0.354 e. The van der Waals surface area contributed by atoms with E-state index in [2.05, 4.69) is 5.32 Å². The van der Waals surface area contributed by atoms with Gasteiger partial charge in [-0.1, -0.05) is 66.9 Å². The molecule has 0 aromatic heterocycles. The van der Waals surface area contributed by atoms with E-state index in [-0.39, 0.29) is 28.1 Å². The van der Waals surface area contributed by atoms with Gasteiger partial charge in [0.05, 0.1) is 15.6 Å². The van der Waals surface area contributed by atoms with Gasteiger partial charge in [-0.15, -0.1) is 0 Å². The molecule has 7 nitrogen and oxygen atoms in total. The summed E-state index contributed by atoms with van der Waals surface area (Å²) in [5.41, 5.74) is 0.625. The highest BCUT2D eigenvalue weighted by molar-refractivity contribution is 7.92. The molecule has 0 unspecified atom stereocenters. The number of carbonyl (C=O) groups is 2. The third kappa shape index (κ3) is 7.94. The zero-order valence-electron chi connectivity index (χ0n) is 21.6. The second-order valence-electron chi connectivity index (χ2n) is 8.89. The first-order valence-corrected chi connectivity index (χ1v) is 14.6. The van der Waals surface area contributed by atoms with Crippen LogP contribution in [-0.2, 0) is 26.2 Å². The summed E-state index contributed by atoms with van der Waals surface area (Å²) < 4.78 is 41.9. The maximum Gasteiger partial charge on any atom is 0.264 e. The van der Waals surface area contributed by atoms with Crippen LogP contribution in [0.25, 0.3) is 0 Å². The van der Waals surface area contributed by atoms with Crippen LogP contribution in [0.5, 0.6) is 0 Å². The first-order chi connectivity index (χ1) is 18.5. The summed E-state index contributed by atoms with van der Waals surface area (Å²) in [7, 11) is -4.25. The highest BCUT2D eigenvalue weighted by atomic mass is 35.5. The van der Waals surface area contributed by atoms with Crippen molar-refractivity contribution in [2.24, 2.45) is 0 Å². The number of rotatable bonds is 12. The van der Waals surface area contributed by atoms with Crippen molar-refractivity contribution in [1.29, 1.82) is 0 Å². The lowest BCUT2D eigenvalue weighted by atomic mass is 10.1. The standard InChI is InChI=1S/C28H30Cl2FN3O4S/c1-3-4-16-32-28(36)20(2)33(18-21-10-13-23(31)14-11-21)27(35)19-34(26-15-12-22(29)17-25(26)30)39(37,38)24-8-6-5-7-9-24/h5-15,17,20H,3-4,16,18-19H2,1-2H3,(H,32,36)/t20-/m0/s1. The summed E-state index contributed by atoms with van der Waals surface area (Å²) in [4.78, 5) is 28.0. The van der Waals surface area contributed by atoms with Crippen molar-refractivity contribution in [3.63, 3.8) is 0 Å². The molecule has 1 atom stereocenters. The molecule has 3 rings (SSSR count). The molecule has 0 heterocycles. The molecule has 11 heteroatoms. The van der Waals surface area contributed by atoms with E-state index in [9.17, 15) is 22.4 Å². The number of carbonyl (C=O) groups excluding carboxylic acids is 2. The fourth-order valence-electron chi connectivity index (χ4n) is 3.82. The molecule has 3 aromatic carbocycles. The molecule has 0 aliphatic carbocycles. The van der Waals surface area contributed by atoms with Gasteiger partial charge in [0.1, 0.15) is 18.4 Å². The zero-order valence-corrected chi connectivity index (χ0v) is 23.9. The van der Waals surface area contributed by atoms with Crippen LogP contribution in [0.2, 0.25) is 10.0 Å². The Kier molecular flexibility index (Phi) is 10.7. The smallest absolute Gasteiger partial charge is 0.264 e. The number of halogens is 3. The van der Waals surface area contributed by atoms with E-state index in [4.69, 9.17) is 23.2 Å². The Morgan fingerprint density at radius 2 is 1.67 bits per heavy atom. The summed E-state index contributed by atoms with van der Waals surface area (Å²) in [5, 5.41) is 3.14. The minimum Gasteiger partial charge on any atom is -0.354 e. The molecular formula is C28H30Cl2FN3O4S. The molecule has 39 heavy (non-hydrogen) atoms. The molecule has 0 fully saturated rings. The molecule has 0 aliphatic rings. The lowest BCUT2D eigenvalue weighted by Gasteiger charge is -2.32. The van der Waals surface area contributed by atoms with Gasteiger partial charge in [0, 0.05) is 18.1 Å². The van der Waals surface area contributed by atoms with Crippen molar-refractivity contribution in [3.8, 4) is 0 Å². The van der Waals surface area contributed by atoms with Gasteiger partial charge in [-0.25, -0.2) is 12.8 Å². The number of nitrogens with one attached hydrogen (secondary N) is 1. The van der Waals surface area contributed by atoms with E-state index in [1.165, 1.54) is 59.5 Å². The fraction of sp³-hybridized carbons (Fsp3) is 0.286. The number of hydrogen-bond donors (Lipinski definition) is 1.